The standard InChI is InChI=1S/C14H14BrNO3/c1-14(2)7-12(18)16(13(14)19)8-11(17)9-3-5-10(15)6-4-9/h3-6H,7-8H2,1-2H3. The van der Waals surface area contributed by atoms with E-state index in [9.17, 15) is 14.4 Å². The largest absolute Gasteiger partial charge is 0.292 e. The quantitative estimate of drug-likeness (QED) is 0.634. The first-order chi connectivity index (χ1) is 8.81. The number of carbonyl (C=O) groups is 3. The second kappa shape index (κ2) is 4.89. The third kappa shape index (κ3) is 2.76. The van der Waals surface area contributed by atoms with Gasteiger partial charge in [-0.2, -0.15) is 0 Å². The predicted molar refractivity (Wildman–Crippen MR) is 73.6 cm³/mol. The Kier molecular flexibility index (Phi) is 3.58. The third-order valence-electron chi connectivity index (χ3n) is 3.19. The van der Waals surface area contributed by atoms with E-state index in [2.05, 4.69) is 15.9 Å². The fraction of sp³-hybridized carbons (Fsp3) is 0.357. The van der Waals surface area contributed by atoms with E-state index in [1.165, 1.54) is 0 Å². The first kappa shape index (κ1) is 13.9. The topological polar surface area (TPSA) is 54.5 Å². The van der Waals surface area contributed by atoms with Crippen molar-refractivity contribution < 1.29 is 14.4 Å². The molecule has 1 fully saturated rings. The maximum absolute atomic E-state index is 12.1. The zero-order valence-corrected chi connectivity index (χ0v) is 12.4. The Morgan fingerprint density at radius 2 is 1.84 bits per heavy atom. The molecule has 0 spiro atoms. The number of halogens is 1. The van der Waals surface area contributed by atoms with E-state index in [0.717, 1.165) is 9.37 Å². The summed E-state index contributed by atoms with van der Waals surface area (Å²) in [6.07, 6.45) is 0.166. The summed E-state index contributed by atoms with van der Waals surface area (Å²) in [6, 6.07) is 6.85. The molecular formula is C14H14BrNO3. The molecule has 4 nitrogen and oxygen atoms in total. The van der Waals surface area contributed by atoms with Gasteiger partial charge in [0.1, 0.15) is 0 Å². The Morgan fingerprint density at radius 1 is 1.26 bits per heavy atom. The maximum Gasteiger partial charge on any atom is 0.235 e. The molecule has 100 valence electrons. The normalized spacial score (nSPS) is 17.9. The van der Waals surface area contributed by atoms with Gasteiger partial charge in [-0.3, -0.25) is 19.3 Å². The number of benzene rings is 1. The minimum atomic E-state index is -0.697. The molecule has 0 atom stereocenters. The number of nitrogens with zero attached hydrogens (tertiary/aromatic N) is 1. The third-order valence-corrected chi connectivity index (χ3v) is 3.71. The van der Waals surface area contributed by atoms with Crippen LogP contribution in [0.3, 0.4) is 0 Å². The number of carbonyl (C=O) groups excluding carboxylic acids is 3. The van der Waals surface area contributed by atoms with Crippen LogP contribution in [0.4, 0.5) is 0 Å². The Hall–Kier alpha value is -1.49. The van der Waals surface area contributed by atoms with Gasteiger partial charge in [0.25, 0.3) is 0 Å². The molecule has 0 aliphatic carbocycles. The lowest BCUT2D eigenvalue weighted by Gasteiger charge is -2.17. The van der Waals surface area contributed by atoms with Gasteiger partial charge < -0.3 is 0 Å². The van der Waals surface area contributed by atoms with Crippen LogP contribution >= 0.6 is 15.9 Å². The van der Waals surface area contributed by atoms with Gasteiger partial charge in [-0.05, 0) is 12.1 Å². The smallest absolute Gasteiger partial charge is 0.235 e. The van der Waals surface area contributed by atoms with Crippen molar-refractivity contribution in [3.63, 3.8) is 0 Å². The van der Waals surface area contributed by atoms with E-state index in [1.54, 1.807) is 38.1 Å². The molecule has 5 heteroatoms. The first-order valence-corrected chi connectivity index (χ1v) is 6.74. The van der Waals surface area contributed by atoms with Crippen molar-refractivity contribution in [1.82, 2.24) is 4.90 Å². The lowest BCUT2D eigenvalue weighted by molar-refractivity contribution is -0.140. The second-order valence-electron chi connectivity index (χ2n) is 5.28. The minimum Gasteiger partial charge on any atom is -0.292 e. The van der Waals surface area contributed by atoms with Gasteiger partial charge in [-0.1, -0.05) is 41.9 Å². The highest BCUT2D eigenvalue weighted by Crippen LogP contribution is 2.31. The molecule has 0 radical (unpaired) electrons. The highest BCUT2D eigenvalue weighted by atomic mass is 79.9. The van der Waals surface area contributed by atoms with E-state index in [0.29, 0.717) is 5.56 Å². The second-order valence-corrected chi connectivity index (χ2v) is 6.19. The molecule has 0 aromatic heterocycles. The lowest BCUT2D eigenvalue weighted by Crippen LogP contribution is -2.37. The van der Waals surface area contributed by atoms with Crippen LogP contribution < -0.4 is 0 Å². The zero-order chi connectivity index (χ0) is 14.2. The van der Waals surface area contributed by atoms with Gasteiger partial charge in [0.15, 0.2) is 5.78 Å². The molecule has 1 aromatic rings. The van der Waals surface area contributed by atoms with Crippen molar-refractivity contribution in [2.45, 2.75) is 20.3 Å². The molecule has 1 aliphatic heterocycles. The fourth-order valence-electron chi connectivity index (χ4n) is 2.06. The van der Waals surface area contributed by atoms with Gasteiger partial charge in [0, 0.05) is 16.5 Å². The van der Waals surface area contributed by atoms with Crippen LogP contribution in [-0.2, 0) is 9.59 Å². The van der Waals surface area contributed by atoms with Gasteiger partial charge in [0.2, 0.25) is 11.8 Å². The highest BCUT2D eigenvalue weighted by Gasteiger charge is 2.45. The summed E-state index contributed by atoms with van der Waals surface area (Å²) >= 11 is 3.29. The molecule has 0 saturated carbocycles. The van der Waals surface area contributed by atoms with Crippen molar-refractivity contribution in [2.24, 2.45) is 5.41 Å². The molecule has 1 aliphatic rings. The molecule has 0 N–H and O–H groups in total. The van der Waals surface area contributed by atoms with Crippen LogP contribution in [0.5, 0.6) is 0 Å². The summed E-state index contributed by atoms with van der Waals surface area (Å²) in [6.45, 7) is 3.26. The highest BCUT2D eigenvalue weighted by molar-refractivity contribution is 9.10. The number of hydrogen-bond acceptors (Lipinski definition) is 3. The Bertz CT molecular complexity index is 548. The molecule has 1 aromatic carbocycles. The minimum absolute atomic E-state index is 0.166. The summed E-state index contributed by atoms with van der Waals surface area (Å²) in [7, 11) is 0. The van der Waals surface area contributed by atoms with Crippen LogP contribution in [0.2, 0.25) is 0 Å². The van der Waals surface area contributed by atoms with Crippen LogP contribution in [-0.4, -0.2) is 29.0 Å². The van der Waals surface area contributed by atoms with Crippen LogP contribution in [0.15, 0.2) is 28.7 Å². The molecule has 0 unspecified atom stereocenters. The van der Waals surface area contributed by atoms with E-state index < -0.39 is 5.41 Å². The van der Waals surface area contributed by atoms with Gasteiger partial charge in [-0.25, -0.2) is 0 Å². The number of likely N-dealkylation sites (tertiary alicyclic amines) is 1. The number of amides is 2. The first-order valence-electron chi connectivity index (χ1n) is 5.95. The SMILES string of the molecule is CC1(C)CC(=O)N(CC(=O)c2ccc(Br)cc2)C1=O. The number of Topliss-reactive ketones (excluding diaryl/α,β-unsaturated/α-hetero) is 1. The van der Waals surface area contributed by atoms with Crippen molar-refractivity contribution in [3.05, 3.63) is 34.3 Å². The summed E-state index contributed by atoms with van der Waals surface area (Å²) < 4.78 is 0.874. The van der Waals surface area contributed by atoms with Crippen molar-refractivity contribution >= 4 is 33.5 Å². The van der Waals surface area contributed by atoms with Crippen molar-refractivity contribution in [3.8, 4) is 0 Å². The molecule has 19 heavy (non-hydrogen) atoms. The summed E-state index contributed by atoms with van der Waals surface area (Å²) in [5.41, 5.74) is -0.203. The molecule has 1 saturated heterocycles. The Labute approximate surface area is 119 Å². The van der Waals surface area contributed by atoms with Gasteiger partial charge >= 0.3 is 0 Å². The number of rotatable bonds is 3. The lowest BCUT2D eigenvalue weighted by atomic mass is 9.92. The number of imide groups is 1. The molecule has 1 heterocycles. The molecule has 2 rings (SSSR count). The van der Waals surface area contributed by atoms with E-state index >= 15 is 0 Å². The van der Waals surface area contributed by atoms with E-state index in [1.807, 2.05) is 0 Å². The van der Waals surface area contributed by atoms with Gasteiger partial charge in [0.05, 0.1) is 12.0 Å². The number of hydrogen-bond donors (Lipinski definition) is 0. The van der Waals surface area contributed by atoms with Crippen LogP contribution in [0.1, 0.15) is 30.6 Å². The van der Waals surface area contributed by atoms with Crippen LogP contribution in [0.25, 0.3) is 0 Å². The average molecular weight is 324 g/mol. The monoisotopic (exact) mass is 323 g/mol. The summed E-state index contributed by atoms with van der Waals surface area (Å²) in [5, 5.41) is 0. The fourth-order valence-corrected chi connectivity index (χ4v) is 2.32. The van der Waals surface area contributed by atoms with Gasteiger partial charge in [-0.15, -0.1) is 0 Å². The average Bonchev–Trinajstić information content (AvgIpc) is 2.52. The summed E-state index contributed by atoms with van der Waals surface area (Å²) in [4.78, 5) is 36.9. The van der Waals surface area contributed by atoms with E-state index in [4.69, 9.17) is 0 Å². The van der Waals surface area contributed by atoms with Crippen molar-refractivity contribution in [2.75, 3.05) is 6.54 Å². The zero-order valence-electron chi connectivity index (χ0n) is 10.8. The molecule has 0 bridgehead atoms. The molecule has 2 amide bonds. The Morgan fingerprint density at radius 3 is 2.32 bits per heavy atom. The Balaban J connectivity index is 2.14. The van der Waals surface area contributed by atoms with Crippen LogP contribution in [0, 0.1) is 5.41 Å². The van der Waals surface area contributed by atoms with Crippen molar-refractivity contribution in [1.29, 1.82) is 0 Å². The maximum atomic E-state index is 12.1. The number of ketones is 1. The predicted octanol–water partition coefficient (Wildman–Crippen LogP) is 2.42. The van der Waals surface area contributed by atoms with E-state index in [-0.39, 0.29) is 30.6 Å². The molecular weight excluding hydrogens is 310 g/mol. The summed E-state index contributed by atoms with van der Waals surface area (Å²) in [5.74, 6) is -0.782.